The minimum Gasteiger partial charge on any atom is -0.447 e. The number of aromatic nitrogens is 1. The standard InChI is InChI=1S/C24H29N5O2S/c30-24(29-14-12-28(13-15-29)20-5-2-1-3-6-20)22-19-31-23(25-22)18-27-10-8-26(9-11-27)17-21-7-4-16-32-21/h1-7,16,19H,8-15,17-18H2. The van der Waals surface area contributed by atoms with Gasteiger partial charge in [-0.05, 0) is 23.6 Å². The molecule has 4 heterocycles. The second kappa shape index (κ2) is 9.85. The number of hydrogen-bond acceptors (Lipinski definition) is 7. The number of nitrogens with zero attached hydrogens (tertiary/aromatic N) is 5. The van der Waals surface area contributed by atoms with Crippen LogP contribution in [0.3, 0.4) is 0 Å². The quantitative estimate of drug-likeness (QED) is 0.574. The molecule has 0 saturated carbocycles. The Labute approximate surface area is 192 Å². The Bertz CT molecular complexity index is 991. The van der Waals surface area contributed by atoms with Gasteiger partial charge in [0, 0.05) is 69.5 Å². The summed E-state index contributed by atoms with van der Waals surface area (Å²) in [5.41, 5.74) is 1.63. The van der Waals surface area contributed by atoms with E-state index < -0.39 is 0 Å². The Balaban J connectivity index is 1.09. The second-order valence-electron chi connectivity index (χ2n) is 8.37. The lowest BCUT2D eigenvalue weighted by Crippen LogP contribution is -2.48. The zero-order chi connectivity index (χ0) is 21.8. The van der Waals surface area contributed by atoms with Gasteiger partial charge in [0.25, 0.3) is 5.91 Å². The van der Waals surface area contributed by atoms with Gasteiger partial charge in [-0.2, -0.15) is 0 Å². The van der Waals surface area contributed by atoms with Crippen LogP contribution in [0.5, 0.6) is 0 Å². The maximum atomic E-state index is 12.9. The first-order chi connectivity index (χ1) is 15.7. The van der Waals surface area contributed by atoms with Crippen molar-refractivity contribution in [3.05, 3.63) is 70.6 Å². The van der Waals surface area contributed by atoms with Crippen molar-refractivity contribution in [1.29, 1.82) is 0 Å². The fourth-order valence-corrected chi connectivity index (χ4v) is 5.12. The van der Waals surface area contributed by atoms with E-state index >= 15 is 0 Å². The molecular formula is C24H29N5O2S. The highest BCUT2D eigenvalue weighted by atomic mass is 32.1. The van der Waals surface area contributed by atoms with E-state index in [0.717, 1.165) is 45.8 Å². The molecule has 7 nitrogen and oxygen atoms in total. The summed E-state index contributed by atoms with van der Waals surface area (Å²) in [5, 5.41) is 2.14. The summed E-state index contributed by atoms with van der Waals surface area (Å²) in [6.07, 6.45) is 1.52. The van der Waals surface area contributed by atoms with E-state index in [0.29, 0.717) is 31.2 Å². The van der Waals surface area contributed by atoms with Crippen LogP contribution in [0.1, 0.15) is 21.3 Å². The number of para-hydroxylation sites is 1. The van der Waals surface area contributed by atoms with Gasteiger partial charge in [-0.1, -0.05) is 24.3 Å². The molecule has 3 aromatic rings. The third-order valence-corrected chi connectivity index (χ3v) is 7.10. The molecule has 0 bridgehead atoms. The molecule has 2 aromatic heterocycles. The highest BCUT2D eigenvalue weighted by Crippen LogP contribution is 2.18. The lowest BCUT2D eigenvalue weighted by molar-refractivity contribution is 0.0740. The Kier molecular flexibility index (Phi) is 6.52. The Hall–Kier alpha value is -2.68. The zero-order valence-electron chi connectivity index (χ0n) is 18.2. The summed E-state index contributed by atoms with van der Waals surface area (Å²) < 4.78 is 5.66. The van der Waals surface area contributed by atoms with E-state index in [1.807, 2.05) is 34.4 Å². The molecule has 168 valence electrons. The van der Waals surface area contributed by atoms with Crippen LogP contribution >= 0.6 is 11.3 Å². The second-order valence-corrected chi connectivity index (χ2v) is 9.41. The molecular weight excluding hydrogens is 422 g/mol. The van der Waals surface area contributed by atoms with Crippen molar-refractivity contribution in [2.24, 2.45) is 0 Å². The molecule has 0 N–H and O–H groups in total. The summed E-state index contributed by atoms with van der Waals surface area (Å²) in [6.45, 7) is 8.78. The van der Waals surface area contributed by atoms with Crippen LogP contribution in [0, 0.1) is 0 Å². The highest BCUT2D eigenvalue weighted by molar-refractivity contribution is 7.09. The van der Waals surface area contributed by atoms with Crippen molar-refractivity contribution >= 4 is 22.9 Å². The van der Waals surface area contributed by atoms with Crippen LogP contribution in [0.2, 0.25) is 0 Å². The summed E-state index contributed by atoms with van der Waals surface area (Å²) >= 11 is 1.82. The maximum absolute atomic E-state index is 12.9. The first-order valence-corrected chi connectivity index (χ1v) is 12.1. The first kappa shape index (κ1) is 21.2. The van der Waals surface area contributed by atoms with Crippen molar-refractivity contribution in [3.63, 3.8) is 0 Å². The van der Waals surface area contributed by atoms with Gasteiger partial charge in [0.05, 0.1) is 6.54 Å². The van der Waals surface area contributed by atoms with Crippen molar-refractivity contribution in [2.45, 2.75) is 13.1 Å². The molecule has 2 saturated heterocycles. The van der Waals surface area contributed by atoms with E-state index in [1.165, 1.54) is 16.8 Å². The number of carbonyl (C=O) groups is 1. The zero-order valence-corrected chi connectivity index (χ0v) is 19.0. The fourth-order valence-electron chi connectivity index (χ4n) is 4.37. The van der Waals surface area contributed by atoms with Gasteiger partial charge >= 0.3 is 0 Å². The summed E-state index contributed by atoms with van der Waals surface area (Å²) in [5.74, 6) is 0.594. The van der Waals surface area contributed by atoms with Crippen molar-refractivity contribution < 1.29 is 9.21 Å². The molecule has 5 rings (SSSR count). The minimum absolute atomic E-state index is 0.0338. The number of amides is 1. The minimum atomic E-state index is -0.0338. The van der Waals surface area contributed by atoms with Crippen LogP contribution in [0.15, 0.2) is 58.5 Å². The molecule has 0 unspecified atom stereocenters. The molecule has 8 heteroatoms. The van der Waals surface area contributed by atoms with Gasteiger partial charge in [-0.15, -0.1) is 11.3 Å². The molecule has 2 aliphatic rings. The van der Waals surface area contributed by atoms with Crippen molar-refractivity contribution in [3.8, 4) is 0 Å². The Morgan fingerprint density at radius 1 is 0.875 bits per heavy atom. The normalized spacial score (nSPS) is 18.2. The molecule has 1 amide bonds. The number of carbonyl (C=O) groups excluding carboxylic acids is 1. The van der Waals surface area contributed by atoms with Gasteiger partial charge < -0.3 is 14.2 Å². The van der Waals surface area contributed by atoms with Crippen LogP contribution in [-0.2, 0) is 13.1 Å². The van der Waals surface area contributed by atoms with E-state index in [2.05, 4.69) is 49.3 Å². The predicted octanol–water partition coefficient (Wildman–Crippen LogP) is 3.02. The number of benzene rings is 1. The third-order valence-electron chi connectivity index (χ3n) is 6.24. The monoisotopic (exact) mass is 451 g/mol. The Morgan fingerprint density at radius 3 is 2.28 bits per heavy atom. The number of rotatable bonds is 6. The van der Waals surface area contributed by atoms with Gasteiger partial charge in [-0.3, -0.25) is 14.6 Å². The summed E-state index contributed by atoms with van der Waals surface area (Å²) in [4.78, 5) is 27.9. The molecule has 0 radical (unpaired) electrons. The van der Waals surface area contributed by atoms with Gasteiger partial charge in [0.1, 0.15) is 6.26 Å². The smallest absolute Gasteiger partial charge is 0.275 e. The number of oxazole rings is 1. The number of anilines is 1. The van der Waals surface area contributed by atoms with Gasteiger partial charge in [-0.25, -0.2) is 4.98 Å². The molecule has 0 aliphatic carbocycles. The lowest BCUT2D eigenvalue weighted by Gasteiger charge is -2.35. The van der Waals surface area contributed by atoms with Crippen molar-refractivity contribution in [1.82, 2.24) is 19.7 Å². The van der Waals surface area contributed by atoms with E-state index in [4.69, 9.17) is 4.42 Å². The summed E-state index contributed by atoms with van der Waals surface area (Å²) in [7, 11) is 0. The van der Waals surface area contributed by atoms with Crippen LogP contribution in [-0.4, -0.2) is 77.9 Å². The fraction of sp³-hybridized carbons (Fsp3) is 0.417. The van der Waals surface area contributed by atoms with E-state index in [-0.39, 0.29) is 5.91 Å². The molecule has 0 atom stereocenters. The average Bonchev–Trinajstić information content (AvgIpc) is 3.53. The molecule has 0 spiro atoms. The first-order valence-electron chi connectivity index (χ1n) is 11.3. The SMILES string of the molecule is O=C(c1coc(CN2CCN(Cc3cccs3)CC2)n1)N1CCN(c2ccccc2)CC1. The predicted molar refractivity (Wildman–Crippen MR) is 126 cm³/mol. The molecule has 2 aliphatic heterocycles. The third kappa shape index (κ3) is 5.03. The van der Waals surface area contributed by atoms with E-state index in [1.54, 1.807) is 0 Å². The van der Waals surface area contributed by atoms with Crippen LogP contribution in [0.25, 0.3) is 0 Å². The lowest BCUT2D eigenvalue weighted by atomic mass is 10.2. The number of thiophene rings is 1. The maximum Gasteiger partial charge on any atom is 0.275 e. The Morgan fingerprint density at radius 2 is 1.59 bits per heavy atom. The number of piperazine rings is 2. The molecule has 32 heavy (non-hydrogen) atoms. The molecule has 2 fully saturated rings. The number of hydrogen-bond donors (Lipinski definition) is 0. The van der Waals surface area contributed by atoms with E-state index in [9.17, 15) is 4.79 Å². The van der Waals surface area contributed by atoms with Crippen LogP contribution < -0.4 is 4.90 Å². The average molecular weight is 452 g/mol. The van der Waals surface area contributed by atoms with Crippen LogP contribution in [0.4, 0.5) is 5.69 Å². The molecule has 1 aromatic carbocycles. The van der Waals surface area contributed by atoms with Gasteiger partial charge in [0.2, 0.25) is 5.89 Å². The van der Waals surface area contributed by atoms with Crippen molar-refractivity contribution in [2.75, 3.05) is 57.3 Å². The largest absolute Gasteiger partial charge is 0.447 e. The topological polar surface area (TPSA) is 56.1 Å². The highest BCUT2D eigenvalue weighted by Gasteiger charge is 2.25. The van der Waals surface area contributed by atoms with Gasteiger partial charge in [0.15, 0.2) is 5.69 Å². The summed E-state index contributed by atoms with van der Waals surface area (Å²) in [6, 6.07) is 14.7.